The monoisotopic (exact) mass is 296 g/mol. The van der Waals surface area contributed by atoms with Gasteiger partial charge in [-0.1, -0.05) is 6.92 Å². The number of benzene rings is 1. The van der Waals surface area contributed by atoms with Gasteiger partial charge in [-0.25, -0.2) is 4.79 Å². The van der Waals surface area contributed by atoms with Crippen molar-refractivity contribution in [2.75, 3.05) is 0 Å². The topological polar surface area (TPSA) is 39.4 Å². The Balaban J connectivity index is 2.46. The molecule has 1 atom stereocenters. The van der Waals surface area contributed by atoms with Crippen LogP contribution in [0.1, 0.15) is 18.9 Å². The Labute approximate surface area is 108 Å². The Kier molecular flexibility index (Phi) is 3.52. The molecule has 2 aromatic rings. The maximum absolute atomic E-state index is 11.3. The molecule has 0 bridgehead atoms. The van der Waals surface area contributed by atoms with E-state index in [1.54, 1.807) is 6.07 Å². The van der Waals surface area contributed by atoms with Crippen LogP contribution in [0.25, 0.3) is 11.0 Å². The lowest BCUT2D eigenvalue weighted by Gasteiger charge is -2.11. The van der Waals surface area contributed by atoms with Gasteiger partial charge >= 0.3 is 5.63 Å². The van der Waals surface area contributed by atoms with E-state index in [1.807, 2.05) is 26.0 Å². The highest BCUT2D eigenvalue weighted by Crippen LogP contribution is 2.24. The molecule has 0 amide bonds. The normalized spacial score (nSPS) is 12.6. The highest BCUT2D eigenvalue weighted by molar-refractivity contribution is 9.09. The minimum Gasteiger partial charge on any atom is -0.479 e. The summed E-state index contributed by atoms with van der Waals surface area (Å²) in [5.74, 6) is 0.690. The number of rotatable bonds is 3. The number of halogens is 1. The molecule has 0 spiro atoms. The smallest absolute Gasteiger partial charge is 0.336 e. The van der Waals surface area contributed by atoms with Gasteiger partial charge in [0.25, 0.3) is 0 Å². The van der Waals surface area contributed by atoms with Crippen LogP contribution in [0.3, 0.4) is 0 Å². The molecule has 0 saturated carbocycles. The van der Waals surface area contributed by atoms with Crippen LogP contribution >= 0.6 is 15.9 Å². The second-order valence-electron chi connectivity index (χ2n) is 3.84. The Hall–Kier alpha value is -1.29. The van der Waals surface area contributed by atoms with Crippen molar-refractivity contribution in [1.82, 2.24) is 0 Å². The van der Waals surface area contributed by atoms with Crippen LogP contribution in [0.4, 0.5) is 0 Å². The molecule has 0 N–H and O–H groups in total. The van der Waals surface area contributed by atoms with Crippen molar-refractivity contribution < 1.29 is 9.15 Å². The van der Waals surface area contributed by atoms with E-state index in [0.717, 1.165) is 17.4 Å². The Morgan fingerprint density at radius 2 is 2.18 bits per heavy atom. The van der Waals surface area contributed by atoms with Crippen LogP contribution in [0.2, 0.25) is 0 Å². The number of hydrogen-bond acceptors (Lipinski definition) is 3. The maximum Gasteiger partial charge on any atom is 0.336 e. The zero-order valence-corrected chi connectivity index (χ0v) is 11.3. The van der Waals surface area contributed by atoms with Crippen molar-refractivity contribution >= 4 is 26.9 Å². The van der Waals surface area contributed by atoms with Gasteiger partial charge in [0.15, 0.2) is 5.01 Å². The SMILES string of the molecule is CCC(Br)Oc1ccc2c(C)cc(=O)oc2c1. The Morgan fingerprint density at radius 1 is 1.41 bits per heavy atom. The second kappa shape index (κ2) is 4.92. The summed E-state index contributed by atoms with van der Waals surface area (Å²) in [6, 6.07) is 7.01. The minimum atomic E-state index is -0.335. The summed E-state index contributed by atoms with van der Waals surface area (Å²) >= 11 is 3.39. The number of alkyl halides is 1. The Morgan fingerprint density at radius 3 is 2.88 bits per heavy atom. The molecular weight excluding hydrogens is 284 g/mol. The lowest BCUT2D eigenvalue weighted by atomic mass is 10.1. The highest BCUT2D eigenvalue weighted by Gasteiger charge is 2.06. The van der Waals surface area contributed by atoms with Gasteiger partial charge in [0, 0.05) is 17.5 Å². The molecule has 0 aliphatic carbocycles. The first kappa shape index (κ1) is 12.2. The van der Waals surface area contributed by atoms with Gasteiger partial charge in [-0.05, 0) is 47.0 Å². The molecule has 90 valence electrons. The van der Waals surface area contributed by atoms with E-state index < -0.39 is 0 Å². The molecular formula is C13H13BrO3. The zero-order valence-electron chi connectivity index (χ0n) is 9.70. The minimum absolute atomic E-state index is 0.0310. The number of ether oxygens (including phenoxy) is 1. The van der Waals surface area contributed by atoms with Crippen molar-refractivity contribution in [1.29, 1.82) is 0 Å². The molecule has 0 radical (unpaired) electrons. The first-order chi connectivity index (χ1) is 8.10. The van der Waals surface area contributed by atoms with Gasteiger partial charge in [-0.15, -0.1) is 0 Å². The predicted octanol–water partition coefficient (Wildman–Crippen LogP) is 3.61. The summed E-state index contributed by atoms with van der Waals surface area (Å²) < 4.78 is 10.8. The largest absolute Gasteiger partial charge is 0.479 e. The van der Waals surface area contributed by atoms with Gasteiger partial charge in [-0.2, -0.15) is 0 Å². The number of fused-ring (bicyclic) bond motifs is 1. The van der Waals surface area contributed by atoms with Gasteiger partial charge in [0.05, 0.1) is 0 Å². The Bertz CT molecular complexity index is 589. The van der Waals surface area contributed by atoms with Crippen molar-refractivity contribution in [2.45, 2.75) is 25.3 Å². The van der Waals surface area contributed by atoms with Crippen LogP contribution in [0.15, 0.2) is 33.5 Å². The van der Waals surface area contributed by atoms with Crippen LogP contribution in [-0.2, 0) is 0 Å². The summed E-state index contributed by atoms with van der Waals surface area (Å²) in [5.41, 5.74) is 1.13. The fourth-order valence-corrected chi connectivity index (χ4v) is 1.83. The van der Waals surface area contributed by atoms with Crippen molar-refractivity contribution in [3.8, 4) is 5.75 Å². The summed E-state index contributed by atoms with van der Waals surface area (Å²) in [4.78, 5) is 11.3. The summed E-state index contributed by atoms with van der Waals surface area (Å²) in [5, 5.41) is 0.899. The van der Waals surface area contributed by atoms with Gasteiger partial charge in [-0.3, -0.25) is 0 Å². The molecule has 1 heterocycles. The van der Waals surface area contributed by atoms with Crippen LogP contribution in [0, 0.1) is 6.92 Å². The molecule has 0 saturated heterocycles. The first-order valence-corrected chi connectivity index (χ1v) is 6.37. The van der Waals surface area contributed by atoms with E-state index in [9.17, 15) is 4.79 Å². The van der Waals surface area contributed by atoms with E-state index >= 15 is 0 Å². The second-order valence-corrected chi connectivity index (χ2v) is 4.86. The molecule has 1 aromatic heterocycles. The average Bonchev–Trinajstić information content (AvgIpc) is 2.28. The summed E-state index contributed by atoms with van der Waals surface area (Å²) in [6.07, 6.45) is 0.857. The van der Waals surface area contributed by atoms with Gasteiger partial charge < -0.3 is 9.15 Å². The molecule has 0 aliphatic rings. The van der Waals surface area contributed by atoms with Gasteiger partial charge in [0.1, 0.15) is 11.3 Å². The molecule has 17 heavy (non-hydrogen) atoms. The number of aryl methyl sites for hydroxylation is 1. The first-order valence-electron chi connectivity index (χ1n) is 5.45. The third-order valence-electron chi connectivity index (χ3n) is 2.51. The van der Waals surface area contributed by atoms with E-state index in [0.29, 0.717) is 11.3 Å². The zero-order chi connectivity index (χ0) is 12.4. The van der Waals surface area contributed by atoms with Crippen LogP contribution in [0.5, 0.6) is 5.75 Å². The fraction of sp³-hybridized carbons (Fsp3) is 0.308. The van der Waals surface area contributed by atoms with Crippen molar-refractivity contribution in [2.24, 2.45) is 0 Å². The van der Waals surface area contributed by atoms with E-state index in [1.165, 1.54) is 6.07 Å². The maximum atomic E-state index is 11.3. The third-order valence-corrected chi connectivity index (χ3v) is 3.34. The fourth-order valence-electron chi connectivity index (χ4n) is 1.61. The van der Waals surface area contributed by atoms with Crippen molar-refractivity contribution in [3.05, 3.63) is 40.2 Å². The summed E-state index contributed by atoms with van der Waals surface area (Å²) in [7, 11) is 0. The van der Waals surface area contributed by atoms with E-state index in [-0.39, 0.29) is 10.6 Å². The standard InChI is InChI=1S/C13H13BrO3/c1-3-12(14)16-9-4-5-10-8(2)6-13(15)17-11(10)7-9/h4-7,12H,3H2,1-2H3. The van der Waals surface area contributed by atoms with Crippen molar-refractivity contribution in [3.63, 3.8) is 0 Å². The van der Waals surface area contributed by atoms with E-state index in [4.69, 9.17) is 9.15 Å². The third kappa shape index (κ3) is 2.69. The quantitative estimate of drug-likeness (QED) is 0.641. The molecule has 2 rings (SSSR count). The van der Waals surface area contributed by atoms with Gasteiger partial charge in [0.2, 0.25) is 0 Å². The van der Waals surface area contributed by atoms with E-state index in [2.05, 4.69) is 15.9 Å². The molecule has 0 aliphatic heterocycles. The molecule has 1 unspecified atom stereocenters. The molecule has 1 aromatic carbocycles. The lowest BCUT2D eigenvalue weighted by molar-refractivity contribution is 0.290. The summed E-state index contributed by atoms with van der Waals surface area (Å²) in [6.45, 7) is 3.91. The lowest BCUT2D eigenvalue weighted by Crippen LogP contribution is -2.06. The predicted molar refractivity (Wildman–Crippen MR) is 70.9 cm³/mol. The average molecular weight is 297 g/mol. The van der Waals surface area contributed by atoms with Crippen LogP contribution < -0.4 is 10.4 Å². The molecule has 3 nitrogen and oxygen atoms in total. The van der Waals surface area contributed by atoms with Crippen LogP contribution in [-0.4, -0.2) is 5.01 Å². The molecule has 4 heteroatoms. The highest BCUT2D eigenvalue weighted by atomic mass is 79.9. The molecule has 0 fully saturated rings. The number of hydrogen-bond donors (Lipinski definition) is 0.